The predicted octanol–water partition coefficient (Wildman–Crippen LogP) is 3.10. The van der Waals surface area contributed by atoms with Crippen LogP contribution in [0.15, 0.2) is 58.4 Å². The van der Waals surface area contributed by atoms with Crippen LogP contribution in [-0.4, -0.2) is 19.9 Å². The van der Waals surface area contributed by atoms with Gasteiger partial charge in [-0.3, -0.25) is 9.78 Å². The zero-order valence-corrected chi connectivity index (χ0v) is 15.7. The summed E-state index contributed by atoms with van der Waals surface area (Å²) in [6.07, 6.45) is 8.87. The summed E-state index contributed by atoms with van der Waals surface area (Å²) in [6, 6.07) is 9.83. The van der Waals surface area contributed by atoms with Gasteiger partial charge in [-0.1, -0.05) is 36.4 Å². The van der Waals surface area contributed by atoms with E-state index >= 15 is 0 Å². The zero-order chi connectivity index (χ0) is 19.5. The van der Waals surface area contributed by atoms with E-state index < -0.39 is 5.69 Å². The van der Waals surface area contributed by atoms with Crippen molar-refractivity contribution in [1.29, 1.82) is 0 Å². The van der Waals surface area contributed by atoms with Crippen molar-refractivity contribution in [2.24, 2.45) is 0 Å². The fourth-order valence-corrected chi connectivity index (χ4v) is 3.77. The van der Waals surface area contributed by atoms with Gasteiger partial charge in [0, 0.05) is 41.6 Å². The number of aryl methyl sites for hydroxylation is 1. The highest BCUT2D eigenvalue weighted by Gasteiger charge is 2.22. The summed E-state index contributed by atoms with van der Waals surface area (Å²) in [6.45, 7) is 1.87. The van der Waals surface area contributed by atoms with Gasteiger partial charge in [-0.05, 0) is 37.3 Å². The van der Waals surface area contributed by atoms with Crippen molar-refractivity contribution in [3.63, 3.8) is 0 Å². The summed E-state index contributed by atoms with van der Waals surface area (Å²) < 4.78 is 0. The average Bonchev–Trinajstić information content (AvgIpc) is 2.71. The Morgan fingerprint density at radius 1 is 1.07 bits per heavy atom. The molecule has 2 heterocycles. The van der Waals surface area contributed by atoms with Gasteiger partial charge >= 0.3 is 5.69 Å². The van der Waals surface area contributed by atoms with Crippen LogP contribution >= 0.6 is 0 Å². The van der Waals surface area contributed by atoms with E-state index in [2.05, 4.69) is 26.0 Å². The van der Waals surface area contributed by atoms with Crippen LogP contribution in [0.3, 0.4) is 0 Å². The predicted molar refractivity (Wildman–Crippen MR) is 108 cm³/mol. The van der Waals surface area contributed by atoms with Gasteiger partial charge in [0.05, 0.1) is 0 Å². The Balaban J connectivity index is 1.63. The molecule has 0 fully saturated rings. The summed E-state index contributed by atoms with van der Waals surface area (Å²) in [5, 5.41) is 0. The third kappa shape index (κ3) is 3.86. The molecule has 2 N–H and O–H groups in total. The first kappa shape index (κ1) is 18.1. The first-order valence-electron chi connectivity index (χ1n) is 9.47. The number of allylic oxidation sites excluding steroid dienone is 2. The number of rotatable bonds is 4. The lowest BCUT2D eigenvalue weighted by molar-refractivity contribution is 0.595. The van der Waals surface area contributed by atoms with Crippen molar-refractivity contribution in [2.75, 3.05) is 0 Å². The van der Waals surface area contributed by atoms with Crippen LogP contribution in [0.4, 0.5) is 0 Å². The Kier molecular flexibility index (Phi) is 5.02. The standard InChI is InChI=1S/C22H22N4O2/c1-14-23-12-18(13-24-14)16-7-9-17(10-8-16)20-19(21(27)26-22(28)25-20)11-15-5-3-2-4-6-15/h2-7,12-13,17H,8-11H2,1H3,(H2,25,26,27,28). The largest absolute Gasteiger partial charge is 0.325 e. The fraction of sp³-hybridized carbons (Fsp3) is 0.273. The lowest BCUT2D eigenvalue weighted by Crippen LogP contribution is -2.30. The van der Waals surface area contributed by atoms with Crippen molar-refractivity contribution in [3.8, 4) is 0 Å². The number of H-pyrrole nitrogens is 2. The minimum Gasteiger partial charge on any atom is -0.311 e. The van der Waals surface area contributed by atoms with E-state index in [9.17, 15) is 9.59 Å². The second kappa shape index (κ2) is 7.76. The number of nitrogens with one attached hydrogen (secondary N) is 2. The van der Waals surface area contributed by atoms with Crippen LogP contribution in [0.1, 0.15) is 53.4 Å². The molecule has 1 unspecified atom stereocenters. The number of hydrogen-bond donors (Lipinski definition) is 2. The second-order valence-electron chi connectivity index (χ2n) is 7.18. The molecule has 0 saturated carbocycles. The van der Waals surface area contributed by atoms with E-state index in [1.807, 2.05) is 49.6 Å². The van der Waals surface area contributed by atoms with Crippen LogP contribution in [0.2, 0.25) is 0 Å². The van der Waals surface area contributed by atoms with Crippen LogP contribution in [-0.2, 0) is 6.42 Å². The fourth-order valence-electron chi connectivity index (χ4n) is 3.77. The molecule has 0 saturated heterocycles. The molecule has 2 aromatic heterocycles. The highest BCUT2D eigenvalue weighted by molar-refractivity contribution is 5.65. The SMILES string of the molecule is Cc1ncc(C2=CCC(c3[nH]c(=O)[nH]c(=O)c3Cc3ccccc3)CC2)cn1. The Hall–Kier alpha value is -3.28. The van der Waals surface area contributed by atoms with Gasteiger partial charge in [-0.15, -0.1) is 0 Å². The molecular weight excluding hydrogens is 352 g/mol. The van der Waals surface area contributed by atoms with E-state index in [4.69, 9.17) is 0 Å². The molecular formula is C22H22N4O2. The summed E-state index contributed by atoms with van der Waals surface area (Å²) in [5.74, 6) is 0.869. The normalized spacial score (nSPS) is 16.6. The monoisotopic (exact) mass is 374 g/mol. The summed E-state index contributed by atoms with van der Waals surface area (Å²) in [5.41, 5.74) is 3.95. The van der Waals surface area contributed by atoms with Crippen LogP contribution in [0, 0.1) is 6.92 Å². The molecule has 6 heteroatoms. The van der Waals surface area contributed by atoms with Gasteiger partial charge in [0.2, 0.25) is 0 Å². The zero-order valence-electron chi connectivity index (χ0n) is 15.7. The minimum absolute atomic E-state index is 0.115. The summed E-state index contributed by atoms with van der Waals surface area (Å²) >= 11 is 0. The smallest absolute Gasteiger partial charge is 0.311 e. The highest BCUT2D eigenvalue weighted by Crippen LogP contribution is 2.35. The molecule has 1 atom stereocenters. The van der Waals surface area contributed by atoms with E-state index in [1.54, 1.807) is 0 Å². The van der Waals surface area contributed by atoms with E-state index in [1.165, 1.54) is 5.57 Å². The quantitative estimate of drug-likeness (QED) is 0.734. The lowest BCUT2D eigenvalue weighted by atomic mass is 9.83. The van der Waals surface area contributed by atoms with Gasteiger partial charge in [0.1, 0.15) is 5.82 Å². The van der Waals surface area contributed by atoms with Crippen molar-refractivity contribution in [1.82, 2.24) is 19.9 Å². The molecule has 28 heavy (non-hydrogen) atoms. The molecule has 3 aromatic rings. The molecule has 0 bridgehead atoms. The van der Waals surface area contributed by atoms with E-state index in [0.29, 0.717) is 12.0 Å². The topological polar surface area (TPSA) is 91.5 Å². The van der Waals surface area contributed by atoms with Gasteiger partial charge in [-0.25, -0.2) is 14.8 Å². The minimum atomic E-state index is -0.446. The van der Waals surface area contributed by atoms with Gasteiger partial charge in [0.25, 0.3) is 5.56 Å². The first-order chi connectivity index (χ1) is 13.6. The Morgan fingerprint density at radius 2 is 1.82 bits per heavy atom. The maximum Gasteiger partial charge on any atom is 0.325 e. The number of nitrogens with zero attached hydrogens (tertiary/aromatic N) is 2. The molecule has 0 spiro atoms. The molecule has 1 aromatic carbocycles. The highest BCUT2D eigenvalue weighted by atomic mass is 16.2. The van der Waals surface area contributed by atoms with Crippen molar-refractivity contribution >= 4 is 5.57 Å². The molecule has 1 aliphatic rings. The number of aromatic nitrogens is 4. The third-order valence-corrected chi connectivity index (χ3v) is 5.27. The van der Waals surface area contributed by atoms with Gasteiger partial charge < -0.3 is 4.98 Å². The molecule has 0 radical (unpaired) electrons. The molecule has 0 aliphatic heterocycles. The van der Waals surface area contributed by atoms with E-state index in [-0.39, 0.29) is 11.5 Å². The third-order valence-electron chi connectivity index (χ3n) is 5.27. The molecule has 142 valence electrons. The molecule has 1 aliphatic carbocycles. The molecule has 6 nitrogen and oxygen atoms in total. The van der Waals surface area contributed by atoms with Crippen LogP contribution in [0.5, 0.6) is 0 Å². The van der Waals surface area contributed by atoms with Gasteiger partial charge in [0.15, 0.2) is 0 Å². The first-order valence-corrected chi connectivity index (χ1v) is 9.47. The van der Waals surface area contributed by atoms with E-state index in [0.717, 1.165) is 41.9 Å². The molecule has 4 rings (SSSR count). The molecule has 0 amide bonds. The number of benzene rings is 1. The summed E-state index contributed by atoms with van der Waals surface area (Å²) in [4.78, 5) is 38.3. The Labute approximate surface area is 162 Å². The van der Waals surface area contributed by atoms with Gasteiger partial charge in [-0.2, -0.15) is 0 Å². The number of hydrogen-bond acceptors (Lipinski definition) is 4. The lowest BCUT2D eigenvalue weighted by Gasteiger charge is -2.23. The average molecular weight is 374 g/mol. The Morgan fingerprint density at radius 3 is 2.50 bits per heavy atom. The van der Waals surface area contributed by atoms with Crippen LogP contribution in [0.25, 0.3) is 5.57 Å². The Bertz CT molecular complexity index is 1110. The van der Waals surface area contributed by atoms with Crippen molar-refractivity contribution < 1.29 is 0 Å². The maximum atomic E-state index is 12.5. The maximum absolute atomic E-state index is 12.5. The second-order valence-corrected chi connectivity index (χ2v) is 7.18. The van der Waals surface area contributed by atoms with Crippen molar-refractivity contribution in [2.45, 2.75) is 38.5 Å². The number of aromatic amines is 2. The van der Waals surface area contributed by atoms with Crippen LogP contribution < -0.4 is 11.2 Å². The van der Waals surface area contributed by atoms with Crippen molar-refractivity contribution in [3.05, 3.63) is 97.8 Å². The summed E-state index contributed by atoms with van der Waals surface area (Å²) in [7, 11) is 0.